The normalized spacial score (nSPS) is 11.6. The highest BCUT2D eigenvalue weighted by Gasteiger charge is 2.22. The molecule has 4 heterocycles. The maximum Gasteiger partial charge on any atom is 0.164 e. The van der Waals surface area contributed by atoms with Gasteiger partial charge in [-0.2, -0.15) is 0 Å². The zero-order valence-corrected chi connectivity index (χ0v) is 27.6. The molecule has 0 N–H and O–H groups in total. The molecule has 0 radical (unpaired) electrons. The van der Waals surface area contributed by atoms with Gasteiger partial charge in [-0.15, -0.1) is 11.3 Å². The molecule has 4 aromatic heterocycles. The van der Waals surface area contributed by atoms with Crippen LogP contribution >= 0.6 is 11.3 Å². The van der Waals surface area contributed by atoms with Crippen molar-refractivity contribution in [2.45, 2.75) is 0 Å². The van der Waals surface area contributed by atoms with E-state index in [4.69, 9.17) is 14.4 Å². The first kappa shape index (κ1) is 28.6. The van der Waals surface area contributed by atoms with Crippen LogP contribution in [0.3, 0.4) is 0 Å². The van der Waals surface area contributed by atoms with E-state index in [1.165, 1.54) is 25.7 Å². The van der Waals surface area contributed by atoms with Crippen LogP contribution in [0.15, 0.2) is 168 Å². The van der Waals surface area contributed by atoms with Gasteiger partial charge in [-0.25, -0.2) is 9.97 Å². The average Bonchev–Trinajstić information content (AvgIpc) is 3.77. The lowest BCUT2D eigenvalue weighted by Gasteiger charge is -2.14. The Morgan fingerprint density at radius 2 is 1.14 bits per heavy atom. The quantitative estimate of drug-likeness (QED) is 0.185. The summed E-state index contributed by atoms with van der Waals surface area (Å²) in [6.45, 7) is 0. The maximum absolute atomic E-state index is 6.78. The number of aromatic nitrogens is 3. The molecular formula is C45H27N3OS. The number of hydrogen-bond donors (Lipinski definition) is 0. The minimum Gasteiger partial charge on any atom is -0.455 e. The number of nitrogens with zero attached hydrogens (tertiary/aromatic N) is 3. The number of pyridine rings is 1. The Morgan fingerprint density at radius 1 is 0.460 bits per heavy atom. The van der Waals surface area contributed by atoms with Crippen LogP contribution in [-0.4, -0.2) is 15.0 Å². The molecule has 0 spiro atoms. The van der Waals surface area contributed by atoms with E-state index in [2.05, 4.69) is 120 Å². The summed E-state index contributed by atoms with van der Waals surface area (Å²) in [4.78, 5) is 14.9. The fraction of sp³-hybridized carbons (Fsp3) is 0. The molecular weight excluding hydrogens is 631 g/mol. The number of furan rings is 1. The van der Waals surface area contributed by atoms with Crippen molar-refractivity contribution in [3.8, 4) is 56.2 Å². The van der Waals surface area contributed by atoms with Gasteiger partial charge in [0.05, 0.1) is 17.0 Å². The van der Waals surface area contributed by atoms with Crippen molar-refractivity contribution in [2.24, 2.45) is 0 Å². The summed E-state index contributed by atoms with van der Waals surface area (Å²) >= 11 is 1.83. The molecule has 0 aliphatic carbocycles. The standard InChI is InChI=1S/C45H27N3OS/c1-2-12-28(13-3-1)37-26-38(31-16-5-4-15-30(31)29-14-11-25-46-27-29)48-45(47-37)36-24-23-33(43-34-17-6-8-20-39(34)49-44(36)43)32-19-10-22-41-42(32)35-18-7-9-21-40(35)50-41/h1-27H. The van der Waals surface area contributed by atoms with E-state index in [1.54, 1.807) is 6.20 Å². The van der Waals surface area contributed by atoms with E-state index in [0.29, 0.717) is 5.82 Å². The smallest absolute Gasteiger partial charge is 0.164 e. The molecule has 0 saturated heterocycles. The molecule has 0 aliphatic rings. The third-order valence-corrected chi connectivity index (χ3v) is 10.6. The first-order chi connectivity index (χ1) is 24.8. The molecule has 0 aliphatic heterocycles. The maximum atomic E-state index is 6.78. The van der Waals surface area contributed by atoms with Crippen molar-refractivity contribution in [1.82, 2.24) is 15.0 Å². The highest BCUT2D eigenvalue weighted by molar-refractivity contribution is 7.25. The fourth-order valence-electron chi connectivity index (χ4n) is 7.17. The molecule has 5 heteroatoms. The van der Waals surface area contributed by atoms with Crippen molar-refractivity contribution in [3.05, 3.63) is 164 Å². The summed E-state index contributed by atoms with van der Waals surface area (Å²) in [6.07, 6.45) is 3.69. The molecule has 0 fully saturated rings. The van der Waals surface area contributed by atoms with Gasteiger partial charge in [0, 0.05) is 60.0 Å². The van der Waals surface area contributed by atoms with Gasteiger partial charge in [0.1, 0.15) is 11.2 Å². The number of fused-ring (bicyclic) bond motifs is 6. The largest absolute Gasteiger partial charge is 0.455 e. The van der Waals surface area contributed by atoms with Gasteiger partial charge in [-0.1, -0.05) is 115 Å². The third-order valence-electron chi connectivity index (χ3n) is 9.43. The molecule has 0 saturated carbocycles. The van der Waals surface area contributed by atoms with Gasteiger partial charge < -0.3 is 4.42 Å². The summed E-state index contributed by atoms with van der Waals surface area (Å²) in [6, 6.07) is 52.7. The zero-order valence-electron chi connectivity index (χ0n) is 26.7. The second-order valence-corrected chi connectivity index (χ2v) is 13.4. The topological polar surface area (TPSA) is 51.8 Å². The summed E-state index contributed by atoms with van der Waals surface area (Å²) in [5.41, 5.74) is 10.6. The molecule has 10 rings (SSSR count). The van der Waals surface area contributed by atoms with E-state index >= 15 is 0 Å². The molecule has 0 atom stereocenters. The van der Waals surface area contributed by atoms with Gasteiger partial charge >= 0.3 is 0 Å². The van der Waals surface area contributed by atoms with Gasteiger partial charge in [0.15, 0.2) is 5.82 Å². The Hall–Kier alpha value is -6.43. The van der Waals surface area contributed by atoms with E-state index < -0.39 is 0 Å². The molecule has 6 aromatic carbocycles. The van der Waals surface area contributed by atoms with Crippen molar-refractivity contribution in [2.75, 3.05) is 0 Å². The zero-order chi connectivity index (χ0) is 33.0. The lowest BCUT2D eigenvalue weighted by Crippen LogP contribution is -1.97. The fourth-order valence-corrected chi connectivity index (χ4v) is 8.30. The number of benzene rings is 6. The van der Waals surface area contributed by atoms with Gasteiger partial charge in [0.25, 0.3) is 0 Å². The lowest BCUT2D eigenvalue weighted by molar-refractivity contribution is 0.669. The molecule has 10 aromatic rings. The molecule has 50 heavy (non-hydrogen) atoms. The van der Waals surface area contributed by atoms with Crippen LogP contribution < -0.4 is 0 Å². The number of rotatable bonds is 5. The second-order valence-electron chi connectivity index (χ2n) is 12.4. The highest BCUT2D eigenvalue weighted by Crippen LogP contribution is 2.46. The monoisotopic (exact) mass is 657 g/mol. The molecule has 4 nitrogen and oxygen atoms in total. The molecule has 0 unspecified atom stereocenters. The number of hydrogen-bond acceptors (Lipinski definition) is 5. The summed E-state index contributed by atoms with van der Waals surface area (Å²) in [5, 5.41) is 4.66. The number of thiophene rings is 1. The Kier molecular flexibility index (Phi) is 6.64. The first-order valence-corrected chi connectivity index (χ1v) is 17.4. The Morgan fingerprint density at radius 3 is 2.02 bits per heavy atom. The van der Waals surface area contributed by atoms with Crippen LogP contribution in [0.25, 0.3) is 98.3 Å². The van der Waals surface area contributed by atoms with Crippen molar-refractivity contribution in [1.29, 1.82) is 0 Å². The second kappa shape index (κ2) is 11.6. The predicted molar refractivity (Wildman–Crippen MR) is 207 cm³/mol. The van der Waals surface area contributed by atoms with E-state index in [-0.39, 0.29) is 0 Å². The summed E-state index contributed by atoms with van der Waals surface area (Å²) < 4.78 is 9.33. The van der Waals surface area contributed by atoms with Crippen LogP contribution in [0, 0.1) is 0 Å². The van der Waals surface area contributed by atoms with Crippen LogP contribution in [-0.2, 0) is 0 Å². The van der Waals surface area contributed by atoms with Crippen molar-refractivity contribution in [3.63, 3.8) is 0 Å². The minimum atomic E-state index is 0.608. The lowest BCUT2D eigenvalue weighted by atomic mass is 9.93. The molecule has 0 bridgehead atoms. The molecule has 0 amide bonds. The third kappa shape index (κ3) is 4.63. The summed E-state index contributed by atoms with van der Waals surface area (Å²) in [5.74, 6) is 0.608. The number of para-hydroxylation sites is 1. The Bertz CT molecular complexity index is 2870. The first-order valence-electron chi connectivity index (χ1n) is 16.6. The average molecular weight is 658 g/mol. The Balaban J connectivity index is 1.26. The van der Waals surface area contributed by atoms with Gasteiger partial charge in [0.2, 0.25) is 0 Å². The SMILES string of the molecule is c1ccc(-c2cc(-c3ccccc3-c3cccnc3)nc(-c3ccc(-c4cccc5sc6ccccc6c45)c4c3oc3ccccc34)n2)cc1. The molecule has 234 valence electrons. The van der Waals surface area contributed by atoms with E-state index in [0.717, 1.165) is 66.7 Å². The van der Waals surface area contributed by atoms with Crippen LogP contribution in [0.5, 0.6) is 0 Å². The predicted octanol–water partition coefficient (Wildman–Crippen LogP) is 12.5. The van der Waals surface area contributed by atoms with Crippen LogP contribution in [0.4, 0.5) is 0 Å². The Labute approximate surface area is 292 Å². The van der Waals surface area contributed by atoms with Crippen LogP contribution in [0.1, 0.15) is 0 Å². The van der Waals surface area contributed by atoms with Crippen molar-refractivity contribution < 1.29 is 4.42 Å². The van der Waals surface area contributed by atoms with E-state index in [1.807, 2.05) is 53.9 Å². The van der Waals surface area contributed by atoms with Crippen molar-refractivity contribution >= 4 is 53.4 Å². The highest BCUT2D eigenvalue weighted by atomic mass is 32.1. The van der Waals surface area contributed by atoms with E-state index in [9.17, 15) is 0 Å². The van der Waals surface area contributed by atoms with Gasteiger partial charge in [-0.3, -0.25) is 4.98 Å². The van der Waals surface area contributed by atoms with Crippen LogP contribution in [0.2, 0.25) is 0 Å². The van der Waals surface area contributed by atoms with Gasteiger partial charge in [-0.05, 0) is 53.1 Å². The minimum absolute atomic E-state index is 0.608. The summed E-state index contributed by atoms with van der Waals surface area (Å²) in [7, 11) is 0.